The summed E-state index contributed by atoms with van der Waals surface area (Å²) in [4.78, 5) is 24.3. The summed E-state index contributed by atoms with van der Waals surface area (Å²) in [5, 5.41) is 0. The summed E-state index contributed by atoms with van der Waals surface area (Å²) in [6.07, 6.45) is 3.48. The van der Waals surface area contributed by atoms with Crippen LogP contribution in [0.2, 0.25) is 0 Å². The first-order valence-corrected chi connectivity index (χ1v) is 8.12. The fourth-order valence-electron chi connectivity index (χ4n) is 3.34. The highest BCUT2D eigenvalue weighted by molar-refractivity contribution is 5.85. The van der Waals surface area contributed by atoms with E-state index in [9.17, 15) is 9.59 Å². The first kappa shape index (κ1) is 15.8. The molecule has 4 heteroatoms. The molecule has 1 aliphatic carbocycles. The molecule has 1 saturated heterocycles. The van der Waals surface area contributed by atoms with Crippen molar-refractivity contribution < 1.29 is 19.1 Å². The van der Waals surface area contributed by atoms with Gasteiger partial charge in [0.2, 0.25) is 0 Å². The summed E-state index contributed by atoms with van der Waals surface area (Å²) in [6.45, 7) is 4.29. The fourth-order valence-corrected chi connectivity index (χ4v) is 3.34. The molecule has 122 valence electrons. The number of hydrogen-bond acceptors (Lipinski definition) is 4. The smallest absolute Gasteiger partial charge is 0.316 e. The van der Waals surface area contributed by atoms with E-state index in [1.165, 1.54) is 0 Å². The normalized spacial score (nSPS) is 29.5. The molecule has 0 radical (unpaired) electrons. The van der Waals surface area contributed by atoms with Crippen LogP contribution < -0.4 is 0 Å². The average Bonchev–Trinajstić information content (AvgIpc) is 2.78. The van der Waals surface area contributed by atoms with Crippen LogP contribution in [-0.2, 0) is 25.7 Å². The Hall–Kier alpha value is -2.10. The second kappa shape index (κ2) is 6.19. The zero-order chi connectivity index (χ0) is 16.4. The monoisotopic (exact) mass is 314 g/mol. The van der Waals surface area contributed by atoms with Crippen LogP contribution in [0.5, 0.6) is 0 Å². The van der Waals surface area contributed by atoms with Crippen LogP contribution in [0.25, 0.3) is 0 Å². The number of ether oxygens (including phenoxy) is 2. The maximum absolute atomic E-state index is 12.2. The summed E-state index contributed by atoms with van der Waals surface area (Å²) < 4.78 is 10.8. The second-order valence-corrected chi connectivity index (χ2v) is 6.71. The Balaban J connectivity index is 1.63. The van der Waals surface area contributed by atoms with Gasteiger partial charge in [-0.25, -0.2) is 0 Å². The molecule has 0 amide bonds. The van der Waals surface area contributed by atoms with Gasteiger partial charge in [0.1, 0.15) is 12.7 Å². The molecule has 1 unspecified atom stereocenters. The summed E-state index contributed by atoms with van der Waals surface area (Å²) in [7, 11) is 0. The zero-order valence-electron chi connectivity index (χ0n) is 13.6. The molecule has 0 saturated carbocycles. The number of cyclic esters (lactones) is 1. The van der Waals surface area contributed by atoms with E-state index in [4.69, 9.17) is 9.47 Å². The van der Waals surface area contributed by atoms with Gasteiger partial charge in [-0.2, -0.15) is 0 Å². The van der Waals surface area contributed by atoms with Crippen LogP contribution in [0.1, 0.15) is 38.7 Å². The highest BCUT2D eigenvalue weighted by Crippen LogP contribution is 2.48. The molecule has 1 heterocycles. The number of carbonyl (C=O) groups is 2. The molecule has 0 spiro atoms. The highest BCUT2D eigenvalue weighted by atomic mass is 16.6. The molecule has 3 atom stereocenters. The standard InChI is InChI=1S/C19H22O4/c1-13-8-9-19(2)15(10-13)16(23-18(19)21)11-17(20)22-12-14-6-4-3-5-7-14/h3-7,10,13,16H,8-9,11-12H2,1-2H3/t13-,16?,19+/m1/s1. The zero-order valence-corrected chi connectivity index (χ0v) is 13.6. The van der Waals surface area contributed by atoms with E-state index >= 15 is 0 Å². The third-order valence-corrected chi connectivity index (χ3v) is 4.84. The number of allylic oxidation sites excluding steroid dienone is 1. The van der Waals surface area contributed by atoms with E-state index in [1.54, 1.807) is 0 Å². The Morgan fingerprint density at radius 1 is 1.35 bits per heavy atom. The fraction of sp³-hybridized carbons (Fsp3) is 0.474. The molecule has 2 aliphatic rings. The van der Waals surface area contributed by atoms with E-state index in [-0.39, 0.29) is 25.0 Å². The topological polar surface area (TPSA) is 52.6 Å². The largest absolute Gasteiger partial charge is 0.461 e. The van der Waals surface area contributed by atoms with Crippen LogP contribution in [-0.4, -0.2) is 18.0 Å². The molecular formula is C19H22O4. The maximum Gasteiger partial charge on any atom is 0.316 e. The molecule has 0 aromatic heterocycles. The van der Waals surface area contributed by atoms with Crippen molar-refractivity contribution in [1.82, 2.24) is 0 Å². The van der Waals surface area contributed by atoms with E-state index < -0.39 is 11.5 Å². The van der Waals surface area contributed by atoms with Gasteiger partial charge in [0.05, 0.1) is 11.8 Å². The van der Waals surface area contributed by atoms with Crippen molar-refractivity contribution in [2.75, 3.05) is 0 Å². The number of esters is 2. The van der Waals surface area contributed by atoms with E-state index in [2.05, 4.69) is 13.0 Å². The van der Waals surface area contributed by atoms with Crippen LogP contribution in [0, 0.1) is 11.3 Å². The highest BCUT2D eigenvalue weighted by Gasteiger charge is 2.51. The van der Waals surface area contributed by atoms with Crippen molar-refractivity contribution in [1.29, 1.82) is 0 Å². The summed E-state index contributed by atoms with van der Waals surface area (Å²) in [5.41, 5.74) is 1.34. The minimum Gasteiger partial charge on any atom is -0.461 e. The minimum absolute atomic E-state index is 0.0900. The third kappa shape index (κ3) is 3.16. The maximum atomic E-state index is 12.2. The molecule has 23 heavy (non-hydrogen) atoms. The molecule has 1 aliphatic heterocycles. The number of rotatable bonds is 4. The third-order valence-electron chi connectivity index (χ3n) is 4.84. The summed E-state index contributed by atoms with van der Waals surface area (Å²) in [6, 6.07) is 9.54. The van der Waals surface area contributed by atoms with E-state index in [0.717, 1.165) is 24.0 Å². The average molecular weight is 314 g/mol. The quantitative estimate of drug-likeness (QED) is 0.631. The predicted molar refractivity (Wildman–Crippen MR) is 85.3 cm³/mol. The van der Waals surface area contributed by atoms with Crippen molar-refractivity contribution in [3.05, 3.63) is 47.5 Å². The van der Waals surface area contributed by atoms with Gasteiger partial charge in [0, 0.05) is 0 Å². The lowest BCUT2D eigenvalue weighted by Gasteiger charge is -2.29. The first-order chi connectivity index (χ1) is 11.0. The molecule has 0 N–H and O–H groups in total. The minimum atomic E-state index is -0.559. The van der Waals surface area contributed by atoms with Gasteiger partial charge < -0.3 is 9.47 Å². The molecule has 1 aromatic carbocycles. The van der Waals surface area contributed by atoms with Gasteiger partial charge in [-0.1, -0.05) is 43.3 Å². The lowest BCUT2D eigenvalue weighted by molar-refractivity contribution is -0.152. The van der Waals surface area contributed by atoms with Crippen molar-refractivity contribution in [3.8, 4) is 0 Å². The molecular weight excluding hydrogens is 292 g/mol. The van der Waals surface area contributed by atoms with E-state index in [1.807, 2.05) is 37.3 Å². The molecule has 3 rings (SSSR count). The van der Waals surface area contributed by atoms with Crippen molar-refractivity contribution in [2.24, 2.45) is 11.3 Å². The summed E-state index contributed by atoms with van der Waals surface area (Å²) in [5.74, 6) is -0.137. The first-order valence-electron chi connectivity index (χ1n) is 8.12. The van der Waals surface area contributed by atoms with Gasteiger partial charge in [-0.3, -0.25) is 9.59 Å². The number of fused-ring (bicyclic) bond motifs is 1. The van der Waals surface area contributed by atoms with Crippen molar-refractivity contribution in [3.63, 3.8) is 0 Å². The van der Waals surface area contributed by atoms with Crippen LogP contribution in [0.15, 0.2) is 42.0 Å². The van der Waals surface area contributed by atoms with Gasteiger partial charge in [-0.15, -0.1) is 0 Å². The lowest BCUT2D eigenvalue weighted by atomic mass is 9.71. The Kier molecular flexibility index (Phi) is 4.24. The summed E-state index contributed by atoms with van der Waals surface area (Å²) >= 11 is 0. The molecule has 1 aromatic rings. The Morgan fingerprint density at radius 3 is 2.83 bits per heavy atom. The lowest BCUT2D eigenvalue weighted by Crippen LogP contribution is -2.29. The second-order valence-electron chi connectivity index (χ2n) is 6.71. The molecule has 1 fully saturated rings. The van der Waals surface area contributed by atoms with E-state index in [0.29, 0.717) is 5.92 Å². The number of hydrogen-bond donors (Lipinski definition) is 0. The van der Waals surface area contributed by atoms with Crippen LogP contribution in [0.3, 0.4) is 0 Å². The Morgan fingerprint density at radius 2 is 2.09 bits per heavy atom. The van der Waals surface area contributed by atoms with Crippen LogP contribution in [0.4, 0.5) is 0 Å². The van der Waals surface area contributed by atoms with Crippen molar-refractivity contribution >= 4 is 11.9 Å². The van der Waals surface area contributed by atoms with Gasteiger partial charge >= 0.3 is 11.9 Å². The SMILES string of the molecule is C[C@H]1C=C2C(CC(=O)OCc3ccccc3)OC(=O)[C@@]2(C)CC1. The van der Waals surface area contributed by atoms with Gasteiger partial charge in [-0.05, 0) is 36.8 Å². The number of benzene rings is 1. The predicted octanol–water partition coefficient (Wildman–Crippen LogP) is 3.41. The van der Waals surface area contributed by atoms with Gasteiger partial charge in [0.15, 0.2) is 0 Å². The Bertz CT molecular complexity index is 634. The Labute approximate surface area is 136 Å². The van der Waals surface area contributed by atoms with Crippen LogP contribution >= 0.6 is 0 Å². The molecule has 4 nitrogen and oxygen atoms in total. The van der Waals surface area contributed by atoms with Gasteiger partial charge in [0.25, 0.3) is 0 Å². The van der Waals surface area contributed by atoms with Crippen molar-refractivity contribution in [2.45, 2.75) is 45.8 Å². The number of carbonyl (C=O) groups excluding carboxylic acids is 2. The molecule has 0 bridgehead atoms.